The third kappa shape index (κ3) is 7.53. The van der Waals surface area contributed by atoms with E-state index in [2.05, 4.69) is 37.6 Å². The molecule has 0 amide bonds. The summed E-state index contributed by atoms with van der Waals surface area (Å²) in [6, 6.07) is 6.50. The van der Waals surface area contributed by atoms with E-state index in [-0.39, 0.29) is 0 Å². The highest BCUT2D eigenvalue weighted by atomic mass is 16.5. The van der Waals surface area contributed by atoms with Crippen LogP contribution < -0.4 is 20.1 Å². The normalized spacial score (nSPS) is 21.0. The molecule has 2 saturated heterocycles. The van der Waals surface area contributed by atoms with Crippen molar-refractivity contribution in [3.63, 3.8) is 0 Å². The van der Waals surface area contributed by atoms with Crippen molar-refractivity contribution >= 4 is 5.96 Å². The third-order valence-corrected chi connectivity index (χ3v) is 6.53. The van der Waals surface area contributed by atoms with Crippen LogP contribution in [0.5, 0.6) is 11.5 Å². The molecule has 2 heterocycles. The first-order valence-electron chi connectivity index (χ1n) is 11.8. The van der Waals surface area contributed by atoms with Gasteiger partial charge >= 0.3 is 0 Å². The van der Waals surface area contributed by atoms with Gasteiger partial charge in [-0.25, -0.2) is 0 Å². The van der Waals surface area contributed by atoms with E-state index < -0.39 is 0 Å². The molecule has 8 nitrogen and oxygen atoms in total. The predicted molar refractivity (Wildman–Crippen MR) is 129 cm³/mol. The van der Waals surface area contributed by atoms with E-state index in [0.717, 1.165) is 76.3 Å². The van der Waals surface area contributed by atoms with Crippen LogP contribution in [-0.4, -0.2) is 96.1 Å². The summed E-state index contributed by atoms with van der Waals surface area (Å²) < 4.78 is 16.0. The minimum absolute atomic E-state index is 0.407. The second kappa shape index (κ2) is 12.9. The maximum absolute atomic E-state index is 5.41. The lowest BCUT2D eigenvalue weighted by Crippen LogP contribution is -2.47. The molecule has 0 radical (unpaired) electrons. The molecule has 2 aliphatic rings. The van der Waals surface area contributed by atoms with E-state index in [4.69, 9.17) is 14.2 Å². The zero-order chi connectivity index (χ0) is 22.8. The minimum atomic E-state index is 0.407. The summed E-state index contributed by atoms with van der Waals surface area (Å²) >= 11 is 0. The van der Waals surface area contributed by atoms with Gasteiger partial charge in [-0.05, 0) is 56.0 Å². The Hall–Kier alpha value is -2.03. The van der Waals surface area contributed by atoms with Gasteiger partial charge in [0.15, 0.2) is 5.96 Å². The fourth-order valence-electron chi connectivity index (χ4n) is 4.57. The van der Waals surface area contributed by atoms with Crippen LogP contribution in [0.1, 0.15) is 24.8 Å². The molecule has 0 spiro atoms. The van der Waals surface area contributed by atoms with Gasteiger partial charge in [0.05, 0.1) is 20.8 Å². The van der Waals surface area contributed by atoms with Crippen LogP contribution in [0.3, 0.4) is 0 Å². The Labute approximate surface area is 193 Å². The van der Waals surface area contributed by atoms with E-state index in [1.165, 1.54) is 18.4 Å². The van der Waals surface area contributed by atoms with Crippen LogP contribution in [0.2, 0.25) is 0 Å². The van der Waals surface area contributed by atoms with Crippen LogP contribution in [0.15, 0.2) is 23.2 Å². The summed E-state index contributed by atoms with van der Waals surface area (Å²) in [7, 11) is 7.02. The first-order chi connectivity index (χ1) is 15.6. The molecule has 32 heavy (non-hydrogen) atoms. The molecule has 0 aromatic heterocycles. The molecule has 2 fully saturated rings. The van der Waals surface area contributed by atoms with Crippen molar-refractivity contribution in [1.29, 1.82) is 0 Å². The Morgan fingerprint density at radius 2 is 1.69 bits per heavy atom. The van der Waals surface area contributed by atoms with E-state index in [1.54, 1.807) is 21.3 Å². The lowest BCUT2D eigenvalue weighted by molar-refractivity contribution is 0.121. The molecule has 1 aromatic rings. The van der Waals surface area contributed by atoms with Gasteiger partial charge in [-0.2, -0.15) is 0 Å². The van der Waals surface area contributed by atoms with Crippen molar-refractivity contribution in [2.24, 2.45) is 10.9 Å². The molecule has 0 saturated carbocycles. The van der Waals surface area contributed by atoms with Crippen molar-refractivity contribution in [2.45, 2.75) is 31.8 Å². The predicted octanol–water partition coefficient (Wildman–Crippen LogP) is 1.80. The molecule has 0 bridgehead atoms. The SMILES string of the molecule is CN=C(NCC1CCN(CCOC)CC1)NC1CCN(Cc2cc(OC)cc(OC)c2)C1. The molecule has 180 valence electrons. The molecule has 1 unspecified atom stereocenters. The molecule has 8 heteroatoms. The number of nitrogens with zero attached hydrogens (tertiary/aromatic N) is 3. The fourth-order valence-corrected chi connectivity index (χ4v) is 4.57. The number of piperidine rings is 1. The number of guanidine groups is 1. The average Bonchev–Trinajstić information content (AvgIpc) is 3.27. The van der Waals surface area contributed by atoms with Crippen molar-refractivity contribution in [3.8, 4) is 11.5 Å². The summed E-state index contributed by atoms with van der Waals surface area (Å²) in [6.07, 6.45) is 3.57. The Morgan fingerprint density at radius 1 is 1.00 bits per heavy atom. The molecule has 1 atom stereocenters. The van der Waals surface area contributed by atoms with Crippen LogP contribution in [0.4, 0.5) is 0 Å². The maximum atomic E-state index is 5.41. The van der Waals surface area contributed by atoms with Crippen molar-refractivity contribution in [2.75, 3.05) is 74.3 Å². The smallest absolute Gasteiger partial charge is 0.191 e. The van der Waals surface area contributed by atoms with Gasteiger partial charge in [0, 0.05) is 59.0 Å². The lowest BCUT2D eigenvalue weighted by Gasteiger charge is -2.32. The number of aliphatic imine (C=N–C) groups is 1. The molecule has 2 aliphatic heterocycles. The number of benzene rings is 1. The van der Waals surface area contributed by atoms with E-state index in [1.807, 2.05) is 13.1 Å². The summed E-state index contributed by atoms with van der Waals surface area (Å²) in [4.78, 5) is 9.43. The van der Waals surface area contributed by atoms with Gasteiger partial charge in [-0.1, -0.05) is 0 Å². The van der Waals surface area contributed by atoms with Gasteiger partial charge < -0.3 is 29.7 Å². The molecular weight excluding hydrogens is 406 g/mol. The van der Waals surface area contributed by atoms with Crippen molar-refractivity contribution in [1.82, 2.24) is 20.4 Å². The van der Waals surface area contributed by atoms with Crippen LogP contribution in [0.25, 0.3) is 0 Å². The second-order valence-corrected chi connectivity index (χ2v) is 8.82. The quantitative estimate of drug-likeness (QED) is 0.419. The third-order valence-electron chi connectivity index (χ3n) is 6.53. The Balaban J connectivity index is 1.40. The number of hydrogen-bond donors (Lipinski definition) is 2. The molecule has 0 aliphatic carbocycles. The van der Waals surface area contributed by atoms with Gasteiger partial charge in [-0.15, -0.1) is 0 Å². The van der Waals surface area contributed by atoms with Crippen LogP contribution >= 0.6 is 0 Å². The largest absolute Gasteiger partial charge is 0.497 e. The first kappa shape index (κ1) is 24.6. The van der Waals surface area contributed by atoms with Crippen LogP contribution in [0, 0.1) is 5.92 Å². The average molecular weight is 448 g/mol. The van der Waals surface area contributed by atoms with Gasteiger partial charge in [-0.3, -0.25) is 9.89 Å². The highest BCUT2D eigenvalue weighted by Gasteiger charge is 2.24. The zero-order valence-electron chi connectivity index (χ0n) is 20.2. The second-order valence-electron chi connectivity index (χ2n) is 8.82. The molecule has 3 rings (SSSR count). The number of hydrogen-bond acceptors (Lipinski definition) is 6. The van der Waals surface area contributed by atoms with Gasteiger partial charge in [0.25, 0.3) is 0 Å². The zero-order valence-corrected chi connectivity index (χ0v) is 20.2. The lowest BCUT2D eigenvalue weighted by atomic mass is 9.97. The van der Waals surface area contributed by atoms with E-state index in [9.17, 15) is 0 Å². The van der Waals surface area contributed by atoms with E-state index in [0.29, 0.717) is 12.0 Å². The number of nitrogens with one attached hydrogen (secondary N) is 2. The van der Waals surface area contributed by atoms with Crippen molar-refractivity contribution < 1.29 is 14.2 Å². The van der Waals surface area contributed by atoms with Crippen LogP contribution in [-0.2, 0) is 11.3 Å². The highest BCUT2D eigenvalue weighted by Crippen LogP contribution is 2.24. The van der Waals surface area contributed by atoms with E-state index >= 15 is 0 Å². The maximum Gasteiger partial charge on any atom is 0.191 e. The number of likely N-dealkylation sites (tertiary alicyclic amines) is 2. The summed E-state index contributed by atoms with van der Waals surface area (Å²) in [5.74, 6) is 3.29. The molecular formula is C24H41N5O3. The fraction of sp³-hybridized carbons (Fsp3) is 0.708. The summed E-state index contributed by atoms with van der Waals surface area (Å²) in [6.45, 7) is 8.12. The molecule has 1 aromatic carbocycles. The number of rotatable bonds is 10. The standard InChI is InChI=1S/C24H41N5O3/c1-25-24(26-16-19-5-8-28(9-6-19)11-12-30-2)27-21-7-10-29(18-21)17-20-13-22(31-3)15-23(14-20)32-4/h13-15,19,21H,5-12,16-18H2,1-4H3,(H2,25,26,27). The number of methoxy groups -OCH3 is 3. The van der Waals surface area contributed by atoms with Gasteiger partial charge in [0.1, 0.15) is 11.5 Å². The van der Waals surface area contributed by atoms with Gasteiger partial charge in [0.2, 0.25) is 0 Å². The minimum Gasteiger partial charge on any atom is -0.497 e. The monoisotopic (exact) mass is 447 g/mol. The molecule has 2 N–H and O–H groups in total. The van der Waals surface area contributed by atoms with Crippen molar-refractivity contribution in [3.05, 3.63) is 23.8 Å². The Morgan fingerprint density at radius 3 is 2.31 bits per heavy atom. The Bertz CT molecular complexity index is 699. The summed E-state index contributed by atoms with van der Waals surface area (Å²) in [5.41, 5.74) is 1.21. The topological polar surface area (TPSA) is 70.6 Å². The number of ether oxygens (including phenoxy) is 3. The Kier molecular flexibility index (Phi) is 9.89. The summed E-state index contributed by atoms with van der Waals surface area (Å²) in [5, 5.41) is 7.19. The first-order valence-corrected chi connectivity index (χ1v) is 11.8. The highest BCUT2D eigenvalue weighted by molar-refractivity contribution is 5.80.